The molecule has 1 saturated carbocycles. The Morgan fingerprint density at radius 2 is 2.14 bits per heavy atom. The van der Waals surface area contributed by atoms with Crippen LogP contribution in [0.2, 0.25) is 5.02 Å². The molecule has 0 radical (unpaired) electrons. The highest BCUT2D eigenvalue weighted by atomic mass is 35.5. The number of fused-ring (bicyclic) bond motifs is 1. The van der Waals surface area contributed by atoms with Gasteiger partial charge in [-0.3, -0.25) is 14.9 Å². The molecule has 22 heavy (non-hydrogen) atoms. The van der Waals surface area contributed by atoms with Gasteiger partial charge in [0.2, 0.25) is 5.43 Å². The molecule has 0 saturated heterocycles. The lowest BCUT2D eigenvalue weighted by atomic mass is 10.1. The summed E-state index contributed by atoms with van der Waals surface area (Å²) >= 11 is 5.93. The van der Waals surface area contributed by atoms with Crippen LogP contribution in [0.25, 0.3) is 10.9 Å². The number of halogens is 1. The van der Waals surface area contributed by atoms with Crippen LogP contribution >= 0.6 is 11.6 Å². The fourth-order valence-electron chi connectivity index (χ4n) is 2.41. The standard InChI is InChI=1S/C14H11ClN2O5/c1-22-14(19)9-6-16(7-2-3-7)11-5-10(15)12(17(20)21)4-8(11)13(9)18/h4-7H,2-3H2,1H3. The first-order chi connectivity index (χ1) is 10.4. The molecule has 1 aliphatic carbocycles. The Morgan fingerprint density at radius 1 is 1.45 bits per heavy atom. The average molecular weight is 323 g/mol. The third kappa shape index (κ3) is 2.23. The molecule has 2 aromatic rings. The van der Waals surface area contributed by atoms with E-state index in [1.165, 1.54) is 19.4 Å². The molecular formula is C14H11ClN2O5. The SMILES string of the molecule is COC(=O)c1cn(C2CC2)c2cc(Cl)c([N+](=O)[O-])cc2c1=O. The van der Waals surface area contributed by atoms with Gasteiger partial charge in [-0.05, 0) is 18.9 Å². The van der Waals surface area contributed by atoms with Crippen LogP contribution in [0.4, 0.5) is 5.69 Å². The largest absolute Gasteiger partial charge is 0.465 e. The lowest BCUT2D eigenvalue weighted by molar-refractivity contribution is -0.384. The summed E-state index contributed by atoms with van der Waals surface area (Å²) < 4.78 is 6.37. The van der Waals surface area contributed by atoms with Crippen molar-refractivity contribution < 1.29 is 14.5 Å². The molecule has 1 aromatic carbocycles. The number of aromatic nitrogens is 1. The molecule has 7 nitrogen and oxygen atoms in total. The molecule has 8 heteroatoms. The van der Waals surface area contributed by atoms with Crippen molar-refractivity contribution in [3.63, 3.8) is 0 Å². The quantitative estimate of drug-likeness (QED) is 0.492. The van der Waals surface area contributed by atoms with Gasteiger partial charge in [-0.2, -0.15) is 0 Å². The number of carbonyl (C=O) groups is 1. The number of rotatable bonds is 3. The van der Waals surface area contributed by atoms with E-state index in [-0.39, 0.29) is 27.7 Å². The van der Waals surface area contributed by atoms with E-state index in [1.807, 2.05) is 0 Å². The normalized spacial score (nSPS) is 14.1. The molecule has 0 N–H and O–H groups in total. The van der Waals surface area contributed by atoms with Crippen LogP contribution in [0.15, 0.2) is 23.1 Å². The number of nitro benzene ring substituents is 1. The van der Waals surface area contributed by atoms with E-state index in [9.17, 15) is 19.7 Å². The summed E-state index contributed by atoms with van der Waals surface area (Å²) in [4.78, 5) is 34.5. The number of methoxy groups -OCH3 is 1. The topological polar surface area (TPSA) is 91.4 Å². The van der Waals surface area contributed by atoms with Gasteiger partial charge in [0.25, 0.3) is 5.69 Å². The fraction of sp³-hybridized carbons (Fsp3) is 0.286. The Kier molecular flexibility index (Phi) is 3.37. The first kappa shape index (κ1) is 14.5. The maximum Gasteiger partial charge on any atom is 0.343 e. The first-order valence-electron chi connectivity index (χ1n) is 6.55. The zero-order valence-corrected chi connectivity index (χ0v) is 12.3. The van der Waals surface area contributed by atoms with Gasteiger partial charge >= 0.3 is 5.97 Å². The van der Waals surface area contributed by atoms with E-state index in [0.29, 0.717) is 5.52 Å². The van der Waals surface area contributed by atoms with Gasteiger partial charge in [0.1, 0.15) is 10.6 Å². The molecule has 1 fully saturated rings. The Balaban J connectivity index is 2.40. The third-order valence-corrected chi connectivity index (χ3v) is 3.95. The molecule has 114 valence electrons. The lowest BCUT2D eigenvalue weighted by Crippen LogP contribution is -2.20. The maximum atomic E-state index is 12.4. The molecule has 1 aromatic heterocycles. The third-order valence-electron chi connectivity index (χ3n) is 3.64. The number of benzene rings is 1. The molecule has 1 aliphatic rings. The predicted molar refractivity (Wildman–Crippen MR) is 79.5 cm³/mol. The number of hydrogen-bond acceptors (Lipinski definition) is 5. The highest BCUT2D eigenvalue weighted by molar-refractivity contribution is 6.33. The highest BCUT2D eigenvalue weighted by Crippen LogP contribution is 2.38. The van der Waals surface area contributed by atoms with Gasteiger partial charge in [0.15, 0.2) is 0 Å². The Bertz CT molecular complexity index is 870. The number of ether oxygens (including phenoxy) is 1. The molecule has 1 heterocycles. The Labute approximate surface area is 129 Å². The predicted octanol–water partition coefficient (Wildman–Crippen LogP) is 2.68. The molecule has 0 unspecified atom stereocenters. The van der Waals surface area contributed by atoms with E-state index in [4.69, 9.17) is 11.6 Å². The number of nitro groups is 1. The summed E-state index contributed by atoms with van der Waals surface area (Å²) in [7, 11) is 1.18. The highest BCUT2D eigenvalue weighted by Gasteiger charge is 2.28. The minimum Gasteiger partial charge on any atom is -0.465 e. The number of esters is 1. The van der Waals surface area contributed by atoms with Gasteiger partial charge in [0, 0.05) is 18.3 Å². The molecule has 0 atom stereocenters. The van der Waals surface area contributed by atoms with Crippen molar-refractivity contribution in [3.8, 4) is 0 Å². The minimum absolute atomic E-state index is 0.0443. The molecular weight excluding hydrogens is 312 g/mol. The summed E-state index contributed by atoms with van der Waals surface area (Å²) in [5.41, 5.74) is -0.622. The second-order valence-electron chi connectivity index (χ2n) is 5.08. The number of pyridine rings is 1. The number of nitrogens with zero attached hydrogens (tertiary/aromatic N) is 2. The van der Waals surface area contributed by atoms with Gasteiger partial charge in [-0.25, -0.2) is 4.79 Å². The van der Waals surface area contributed by atoms with Crippen LogP contribution < -0.4 is 5.43 Å². The van der Waals surface area contributed by atoms with Crippen molar-refractivity contribution in [1.29, 1.82) is 0 Å². The smallest absolute Gasteiger partial charge is 0.343 e. The van der Waals surface area contributed by atoms with Gasteiger partial charge < -0.3 is 9.30 Å². The van der Waals surface area contributed by atoms with E-state index in [1.54, 1.807) is 4.57 Å². The van der Waals surface area contributed by atoms with Crippen LogP contribution in [-0.2, 0) is 4.74 Å². The molecule has 0 aliphatic heterocycles. The Hall–Kier alpha value is -2.41. The van der Waals surface area contributed by atoms with Crippen molar-refractivity contribution in [2.45, 2.75) is 18.9 Å². The Morgan fingerprint density at radius 3 is 2.68 bits per heavy atom. The van der Waals surface area contributed by atoms with E-state index < -0.39 is 16.3 Å². The minimum atomic E-state index is -0.765. The first-order valence-corrected chi connectivity index (χ1v) is 6.93. The van der Waals surface area contributed by atoms with Crippen molar-refractivity contribution >= 4 is 34.2 Å². The monoisotopic (exact) mass is 322 g/mol. The average Bonchev–Trinajstić information content (AvgIpc) is 3.30. The van der Waals surface area contributed by atoms with Crippen LogP contribution in [0.3, 0.4) is 0 Å². The van der Waals surface area contributed by atoms with Crippen molar-refractivity contribution in [2.24, 2.45) is 0 Å². The van der Waals surface area contributed by atoms with Crippen LogP contribution in [-0.4, -0.2) is 22.6 Å². The summed E-state index contributed by atoms with van der Waals surface area (Å²) in [5.74, 6) is -0.765. The number of carbonyl (C=O) groups excluding carboxylic acids is 1. The zero-order chi connectivity index (χ0) is 16.0. The zero-order valence-electron chi connectivity index (χ0n) is 11.5. The number of hydrogen-bond donors (Lipinski definition) is 0. The van der Waals surface area contributed by atoms with Gasteiger partial charge in [-0.15, -0.1) is 0 Å². The van der Waals surface area contributed by atoms with Crippen LogP contribution in [0.5, 0.6) is 0 Å². The van der Waals surface area contributed by atoms with Crippen molar-refractivity contribution in [2.75, 3.05) is 7.11 Å². The maximum absolute atomic E-state index is 12.4. The second kappa shape index (κ2) is 5.10. The molecule has 0 amide bonds. The van der Waals surface area contributed by atoms with Crippen LogP contribution in [0.1, 0.15) is 29.2 Å². The molecule has 0 bridgehead atoms. The summed E-state index contributed by atoms with van der Waals surface area (Å²) in [6.07, 6.45) is 3.26. The van der Waals surface area contributed by atoms with Crippen molar-refractivity contribution in [1.82, 2.24) is 4.57 Å². The summed E-state index contributed by atoms with van der Waals surface area (Å²) in [5, 5.41) is 11.0. The summed E-state index contributed by atoms with van der Waals surface area (Å²) in [6.45, 7) is 0. The summed E-state index contributed by atoms with van der Waals surface area (Å²) in [6, 6.07) is 2.67. The van der Waals surface area contributed by atoms with E-state index in [2.05, 4.69) is 4.74 Å². The lowest BCUT2D eigenvalue weighted by Gasteiger charge is -2.12. The van der Waals surface area contributed by atoms with E-state index >= 15 is 0 Å². The second-order valence-corrected chi connectivity index (χ2v) is 5.49. The van der Waals surface area contributed by atoms with Gasteiger partial charge in [-0.1, -0.05) is 11.6 Å². The van der Waals surface area contributed by atoms with Gasteiger partial charge in [0.05, 0.1) is 22.9 Å². The van der Waals surface area contributed by atoms with Crippen LogP contribution in [0, 0.1) is 10.1 Å². The van der Waals surface area contributed by atoms with E-state index in [0.717, 1.165) is 18.9 Å². The van der Waals surface area contributed by atoms with Crippen molar-refractivity contribution in [3.05, 3.63) is 49.3 Å². The fourth-order valence-corrected chi connectivity index (χ4v) is 2.64. The molecule has 0 spiro atoms. The molecule has 3 rings (SSSR count).